The Kier molecular flexibility index (Phi) is 4.31. The average Bonchev–Trinajstić information content (AvgIpc) is 2.68. The second-order valence-electron chi connectivity index (χ2n) is 6.53. The van der Waals surface area contributed by atoms with Crippen molar-refractivity contribution in [1.82, 2.24) is 9.97 Å². The molecule has 0 saturated carbocycles. The summed E-state index contributed by atoms with van der Waals surface area (Å²) in [7, 11) is 0. The monoisotopic (exact) mass is 378 g/mol. The number of nitro groups is 1. The van der Waals surface area contributed by atoms with Gasteiger partial charge in [-0.25, -0.2) is 9.97 Å². The molecule has 28 heavy (non-hydrogen) atoms. The minimum atomic E-state index is -0.978. The van der Waals surface area contributed by atoms with Crippen LogP contribution in [0.15, 0.2) is 42.6 Å². The molecule has 0 spiro atoms. The number of carbonyl (C=O) groups is 1. The highest BCUT2D eigenvalue weighted by Crippen LogP contribution is 2.32. The highest BCUT2D eigenvalue weighted by molar-refractivity contribution is 5.99. The molecule has 1 aliphatic carbocycles. The molecule has 0 unspecified atom stereocenters. The number of Topliss-reactive ketones (excluding diaryl/α,β-unsaturated/α-hetero) is 1. The van der Waals surface area contributed by atoms with Crippen LogP contribution >= 0.6 is 0 Å². The fourth-order valence-electron chi connectivity index (χ4n) is 3.39. The van der Waals surface area contributed by atoms with Crippen LogP contribution in [0, 0.1) is 15.9 Å². The summed E-state index contributed by atoms with van der Waals surface area (Å²) in [5, 5.41) is 11.0. The lowest BCUT2D eigenvalue weighted by molar-refractivity contribution is -0.387. The number of hydrogen-bond donors (Lipinski definition) is 1. The summed E-state index contributed by atoms with van der Waals surface area (Å²) in [5.41, 5.74) is 8.06. The maximum Gasteiger partial charge on any atom is 0.305 e. The van der Waals surface area contributed by atoms with Gasteiger partial charge in [0.1, 0.15) is 11.5 Å². The van der Waals surface area contributed by atoms with Crippen molar-refractivity contribution in [2.75, 3.05) is 5.73 Å². The molecule has 4 rings (SSSR count). The van der Waals surface area contributed by atoms with Crippen molar-refractivity contribution in [2.45, 2.75) is 19.3 Å². The summed E-state index contributed by atoms with van der Waals surface area (Å²) < 4.78 is 14.5. The van der Waals surface area contributed by atoms with E-state index in [4.69, 9.17) is 5.73 Å². The van der Waals surface area contributed by atoms with Gasteiger partial charge in [0.05, 0.1) is 16.8 Å². The maximum absolute atomic E-state index is 14.5. The SMILES string of the molecule is Nc1ncc(-c2cccc([N+](=O)[O-])c2F)nc1-c1ccc2c(c1)CCCC2=O. The Balaban J connectivity index is 1.82. The zero-order valence-corrected chi connectivity index (χ0v) is 14.7. The zero-order chi connectivity index (χ0) is 19.8. The first-order chi connectivity index (χ1) is 13.5. The van der Waals surface area contributed by atoms with Gasteiger partial charge < -0.3 is 5.73 Å². The van der Waals surface area contributed by atoms with Gasteiger partial charge in [0.25, 0.3) is 0 Å². The smallest absolute Gasteiger partial charge is 0.305 e. The third-order valence-corrected chi connectivity index (χ3v) is 4.78. The van der Waals surface area contributed by atoms with Gasteiger partial charge in [-0.05, 0) is 30.5 Å². The van der Waals surface area contributed by atoms with Crippen molar-refractivity contribution in [1.29, 1.82) is 0 Å². The largest absolute Gasteiger partial charge is 0.382 e. The first-order valence-corrected chi connectivity index (χ1v) is 8.68. The number of fused-ring (bicyclic) bond motifs is 1. The number of nitrogen functional groups attached to an aromatic ring is 1. The summed E-state index contributed by atoms with van der Waals surface area (Å²) in [6.07, 6.45) is 3.38. The van der Waals surface area contributed by atoms with Gasteiger partial charge >= 0.3 is 5.69 Å². The molecule has 1 heterocycles. The standard InChI is InChI=1S/C20H15FN4O3/c21-18-14(4-2-5-16(18)25(27)28)15-10-23-20(22)19(24-15)12-7-8-13-11(9-12)3-1-6-17(13)26/h2,4-5,7-10H,1,3,6H2,(H2,22,23). The van der Waals surface area contributed by atoms with Crippen LogP contribution in [-0.4, -0.2) is 20.7 Å². The van der Waals surface area contributed by atoms with Crippen LogP contribution < -0.4 is 5.73 Å². The second-order valence-corrected chi connectivity index (χ2v) is 6.53. The minimum absolute atomic E-state index is 0.0314. The Hall–Kier alpha value is -3.68. The quantitative estimate of drug-likeness (QED) is 0.545. The van der Waals surface area contributed by atoms with Crippen molar-refractivity contribution >= 4 is 17.3 Å². The normalized spacial score (nSPS) is 13.2. The maximum atomic E-state index is 14.5. The van der Waals surface area contributed by atoms with E-state index in [2.05, 4.69) is 9.97 Å². The van der Waals surface area contributed by atoms with Gasteiger partial charge in [0.2, 0.25) is 5.82 Å². The second kappa shape index (κ2) is 6.80. The van der Waals surface area contributed by atoms with E-state index in [0.717, 1.165) is 24.5 Å². The Morgan fingerprint density at radius 3 is 2.75 bits per heavy atom. The number of rotatable bonds is 3. The number of nitro benzene ring substituents is 1. The molecule has 0 radical (unpaired) electrons. The number of benzene rings is 2. The molecule has 0 aliphatic heterocycles. The van der Waals surface area contributed by atoms with Crippen LogP contribution in [0.1, 0.15) is 28.8 Å². The first kappa shape index (κ1) is 17.7. The van der Waals surface area contributed by atoms with Gasteiger partial charge in [-0.2, -0.15) is 4.39 Å². The van der Waals surface area contributed by atoms with Crippen LogP contribution in [0.3, 0.4) is 0 Å². The number of nitrogens with zero attached hydrogens (tertiary/aromatic N) is 3. The summed E-state index contributed by atoms with van der Waals surface area (Å²) in [6.45, 7) is 0. The molecule has 2 aromatic carbocycles. The molecule has 3 aromatic rings. The number of aryl methyl sites for hydroxylation is 1. The Morgan fingerprint density at radius 2 is 1.96 bits per heavy atom. The highest BCUT2D eigenvalue weighted by atomic mass is 19.1. The van der Waals surface area contributed by atoms with E-state index < -0.39 is 16.4 Å². The Bertz CT molecular complexity index is 1130. The molecule has 0 fully saturated rings. The summed E-state index contributed by atoms with van der Waals surface area (Å²) >= 11 is 0. The molecule has 0 amide bonds. The van der Waals surface area contributed by atoms with Crippen molar-refractivity contribution in [3.63, 3.8) is 0 Å². The van der Waals surface area contributed by atoms with Crippen LogP contribution in [-0.2, 0) is 6.42 Å². The van der Waals surface area contributed by atoms with Crippen LogP contribution in [0.25, 0.3) is 22.5 Å². The molecular formula is C20H15FN4O3. The number of nitrogens with two attached hydrogens (primary N) is 1. The van der Waals surface area contributed by atoms with E-state index in [9.17, 15) is 19.3 Å². The molecule has 0 bridgehead atoms. The summed E-state index contributed by atoms with van der Waals surface area (Å²) in [4.78, 5) is 30.7. The predicted octanol–water partition coefficient (Wildman–Crippen LogP) is 3.96. The van der Waals surface area contributed by atoms with E-state index >= 15 is 0 Å². The molecule has 1 aliphatic rings. The van der Waals surface area contributed by atoms with E-state index in [-0.39, 0.29) is 22.9 Å². The molecule has 140 valence electrons. The zero-order valence-electron chi connectivity index (χ0n) is 14.7. The van der Waals surface area contributed by atoms with Crippen molar-refractivity contribution in [2.24, 2.45) is 0 Å². The molecule has 0 atom stereocenters. The van der Waals surface area contributed by atoms with Gasteiger partial charge in [0, 0.05) is 29.2 Å². The van der Waals surface area contributed by atoms with E-state index in [0.29, 0.717) is 23.2 Å². The third-order valence-electron chi connectivity index (χ3n) is 4.78. The first-order valence-electron chi connectivity index (χ1n) is 8.68. The van der Waals surface area contributed by atoms with Gasteiger partial charge in [-0.1, -0.05) is 18.2 Å². The Morgan fingerprint density at radius 1 is 1.14 bits per heavy atom. The van der Waals surface area contributed by atoms with Gasteiger partial charge in [0.15, 0.2) is 5.78 Å². The molecule has 8 heteroatoms. The van der Waals surface area contributed by atoms with E-state index in [1.165, 1.54) is 18.3 Å². The predicted molar refractivity (Wildman–Crippen MR) is 101 cm³/mol. The van der Waals surface area contributed by atoms with Gasteiger partial charge in [-0.3, -0.25) is 14.9 Å². The molecule has 0 saturated heterocycles. The molecule has 7 nitrogen and oxygen atoms in total. The number of hydrogen-bond acceptors (Lipinski definition) is 6. The fraction of sp³-hybridized carbons (Fsp3) is 0.150. The minimum Gasteiger partial charge on any atom is -0.382 e. The number of anilines is 1. The lowest BCUT2D eigenvalue weighted by atomic mass is 9.89. The van der Waals surface area contributed by atoms with Crippen molar-refractivity contribution in [3.8, 4) is 22.5 Å². The average molecular weight is 378 g/mol. The number of aromatic nitrogens is 2. The Labute approximate surface area is 159 Å². The molecular weight excluding hydrogens is 363 g/mol. The van der Waals surface area contributed by atoms with Gasteiger partial charge in [-0.15, -0.1) is 0 Å². The summed E-state index contributed by atoms with van der Waals surface area (Å²) in [5.74, 6) is -0.718. The topological polar surface area (TPSA) is 112 Å². The fourth-order valence-corrected chi connectivity index (χ4v) is 3.39. The summed E-state index contributed by atoms with van der Waals surface area (Å²) in [6, 6.07) is 9.20. The molecule has 2 N–H and O–H groups in total. The number of carbonyl (C=O) groups excluding carboxylic acids is 1. The van der Waals surface area contributed by atoms with E-state index in [1.807, 2.05) is 6.07 Å². The van der Waals surface area contributed by atoms with Crippen molar-refractivity contribution < 1.29 is 14.1 Å². The lowest BCUT2D eigenvalue weighted by Crippen LogP contribution is -2.10. The third kappa shape index (κ3) is 2.98. The molecule has 1 aromatic heterocycles. The van der Waals surface area contributed by atoms with Crippen molar-refractivity contribution in [3.05, 3.63) is 69.7 Å². The van der Waals surface area contributed by atoms with Crippen LogP contribution in [0.4, 0.5) is 15.9 Å². The van der Waals surface area contributed by atoms with E-state index in [1.54, 1.807) is 12.1 Å². The number of ketones is 1. The number of halogens is 1. The lowest BCUT2D eigenvalue weighted by Gasteiger charge is -2.16. The van der Waals surface area contributed by atoms with Crippen LogP contribution in [0.2, 0.25) is 0 Å². The van der Waals surface area contributed by atoms with Crippen LogP contribution in [0.5, 0.6) is 0 Å². The highest BCUT2D eigenvalue weighted by Gasteiger charge is 2.21.